The molecule has 0 aliphatic heterocycles. The Kier molecular flexibility index (Phi) is 5.93. The molecular weight excluding hydrogens is 377 g/mol. The van der Waals surface area contributed by atoms with Gasteiger partial charge in [0.05, 0.1) is 22.0 Å². The van der Waals surface area contributed by atoms with Gasteiger partial charge < -0.3 is 9.84 Å². The van der Waals surface area contributed by atoms with E-state index >= 15 is 0 Å². The van der Waals surface area contributed by atoms with Gasteiger partial charge in [0, 0.05) is 11.9 Å². The Bertz CT molecular complexity index is 911. The van der Waals surface area contributed by atoms with Gasteiger partial charge >= 0.3 is 5.97 Å². The Labute approximate surface area is 162 Å². The molecule has 5 nitrogen and oxygen atoms in total. The topological polar surface area (TPSA) is 68.5 Å². The maximum atomic E-state index is 13.0. The molecule has 0 aliphatic carbocycles. The number of halogens is 2. The molecule has 1 heterocycles. The Balaban J connectivity index is 2.94. The first-order valence-electron chi connectivity index (χ1n) is 8.34. The molecule has 2 rings (SSSR count). The van der Waals surface area contributed by atoms with Crippen molar-refractivity contribution < 1.29 is 14.6 Å². The number of ether oxygens (including phenoxy) is 1. The van der Waals surface area contributed by atoms with E-state index in [1.807, 2.05) is 34.6 Å². The Hall–Kier alpha value is -1.72. The molecule has 2 aromatic rings. The van der Waals surface area contributed by atoms with Gasteiger partial charge in [-0.25, -0.2) is 4.79 Å². The molecule has 1 aromatic heterocycles. The van der Waals surface area contributed by atoms with Gasteiger partial charge in [-0.3, -0.25) is 9.36 Å². The molecule has 0 saturated heterocycles. The van der Waals surface area contributed by atoms with E-state index in [9.17, 15) is 14.7 Å². The van der Waals surface area contributed by atoms with E-state index in [4.69, 9.17) is 27.9 Å². The highest BCUT2D eigenvalue weighted by Gasteiger charge is 2.26. The van der Waals surface area contributed by atoms with Crippen molar-refractivity contribution in [2.45, 2.75) is 41.2 Å². The standard InChI is InChI=1S/C19H23Cl2NO4/c1-10(2)8-26-16-11-6-13(20)14(21)7-12(11)17(23)22(9-19(3,4)5)15(16)18(24)25/h6-7,10H,8-9H2,1-5H3,(H,24,25). The van der Waals surface area contributed by atoms with Crippen LogP contribution in [0.25, 0.3) is 10.8 Å². The fourth-order valence-electron chi connectivity index (χ4n) is 2.64. The second-order valence-electron chi connectivity index (χ2n) is 7.95. The first kappa shape index (κ1) is 20.6. The van der Waals surface area contributed by atoms with Crippen LogP contribution in [0, 0.1) is 11.3 Å². The zero-order valence-corrected chi connectivity index (χ0v) is 17.0. The highest BCUT2D eigenvalue weighted by Crippen LogP contribution is 2.35. The minimum atomic E-state index is -1.22. The lowest BCUT2D eigenvalue weighted by Gasteiger charge is -2.24. The molecular formula is C19H23Cl2NO4. The van der Waals surface area contributed by atoms with Gasteiger partial charge in [-0.2, -0.15) is 0 Å². The normalized spacial score (nSPS) is 12.0. The van der Waals surface area contributed by atoms with Gasteiger partial charge in [0.15, 0.2) is 11.4 Å². The summed E-state index contributed by atoms with van der Waals surface area (Å²) in [6.45, 7) is 10.2. The number of nitrogens with zero attached hydrogens (tertiary/aromatic N) is 1. The summed E-state index contributed by atoms with van der Waals surface area (Å²) in [7, 11) is 0. The highest BCUT2D eigenvalue weighted by molar-refractivity contribution is 6.42. The Morgan fingerprint density at radius 1 is 1.19 bits per heavy atom. The summed E-state index contributed by atoms with van der Waals surface area (Å²) in [6.07, 6.45) is 0. The van der Waals surface area contributed by atoms with Gasteiger partial charge in [0.25, 0.3) is 5.56 Å². The van der Waals surface area contributed by atoms with Crippen molar-refractivity contribution >= 4 is 39.9 Å². The van der Waals surface area contributed by atoms with E-state index in [1.54, 1.807) is 0 Å². The molecule has 0 spiro atoms. The highest BCUT2D eigenvalue weighted by atomic mass is 35.5. The third kappa shape index (κ3) is 4.33. The van der Waals surface area contributed by atoms with E-state index in [0.717, 1.165) is 0 Å². The molecule has 1 aromatic carbocycles. The van der Waals surface area contributed by atoms with Crippen LogP contribution in [-0.4, -0.2) is 22.2 Å². The number of benzene rings is 1. The molecule has 0 unspecified atom stereocenters. The van der Waals surface area contributed by atoms with Crippen molar-refractivity contribution in [3.05, 3.63) is 38.2 Å². The Morgan fingerprint density at radius 3 is 2.19 bits per heavy atom. The summed E-state index contributed by atoms with van der Waals surface area (Å²) in [4.78, 5) is 25.0. The summed E-state index contributed by atoms with van der Waals surface area (Å²) < 4.78 is 7.09. The molecule has 0 amide bonds. The number of carboxylic acid groups (broad SMARTS) is 1. The van der Waals surface area contributed by atoms with Gasteiger partial charge in [-0.05, 0) is 23.5 Å². The van der Waals surface area contributed by atoms with Crippen molar-refractivity contribution in [3.63, 3.8) is 0 Å². The van der Waals surface area contributed by atoms with E-state index in [-0.39, 0.29) is 44.8 Å². The van der Waals surface area contributed by atoms with Crippen LogP contribution in [0.4, 0.5) is 0 Å². The van der Waals surface area contributed by atoms with Crippen LogP contribution in [0.3, 0.4) is 0 Å². The molecule has 7 heteroatoms. The smallest absolute Gasteiger partial charge is 0.356 e. The van der Waals surface area contributed by atoms with Gasteiger partial charge in [0.1, 0.15) is 0 Å². The maximum Gasteiger partial charge on any atom is 0.356 e. The van der Waals surface area contributed by atoms with Crippen molar-refractivity contribution in [3.8, 4) is 5.75 Å². The predicted molar refractivity (Wildman–Crippen MR) is 105 cm³/mol. The number of carboxylic acids is 1. The van der Waals surface area contributed by atoms with E-state index < -0.39 is 11.5 Å². The zero-order valence-electron chi connectivity index (χ0n) is 15.5. The van der Waals surface area contributed by atoms with E-state index in [0.29, 0.717) is 12.0 Å². The zero-order chi connectivity index (χ0) is 19.8. The summed E-state index contributed by atoms with van der Waals surface area (Å²) in [5.74, 6) is -0.904. The molecule has 0 bridgehead atoms. The molecule has 1 N–H and O–H groups in total. The van der Waals surface area contributed by atoms with E-state index in [1.165, 1.54) is 16.7 Å². The number of aromatic carboxylic acids is 1. The quantitative estimate of drug-likeness (QED) is 0.759. The predicted octanol–water partition coefficient (Wildman–Crippen LogP) is 5.09. The van der Waals surface area contributed by atoms with E-state index in [2.05, 4.69) is 0 Å². The fraction of sp³-hybridized carbons (Fsp3) is 0.474. The molecule has 0 fully saturated rings. The van der Waals surface area contributed by atoms with Crippen LogP contribution in [0.1, 0.15) is 45.1 Å². The first-order valence-corrected chi connectivity index (χ1v) is 9.09. The summed E-state index contributed by atoms with van der Waals surface area (Å²) in [5, 5.41) is 10.9. The van der Waals surface area contributed by atoms with Crippen molar-refractivity contribution in [1.82, 2.24) is 4.57 Å². The third-order valence-corrected chi connectivity index (χ3v) is 4.38. The van der Waals surface area contributed by atoms with Crippen molar-refractivity contribution in [1.29, 1.82) is 0 Å². The number of fused-ring (bicyclic) bond motifs is 1. The third-order valence-electron chi connectivity index (χ3n) is 3.66. The summed E-state index contributed by atoms with van der Waals surface area (Å²) in [6, 6.07) is 2.96. The summed E-state index contributed by atoms with van der Waals surface area (Å²) >= 11 is 12.2. The molecule has 26 heavy (non-hydrogen) atoms. The number of hydrogen-bond donors (Lipinski definition) is 1. The van der Waals surface area contributed by atoms with Crippen molar-refractivity contribution in [2.24, 2.45) is 11.3 Å². The van der Waals surface area contributed by atoms with Gasteiger partial charge in [-0.15, -0.1) is 0 Å². The number of aromatic nitrogens is 1. The monoisotopic (exact) mass is 399 g/mol. The lowest BCUT2D eigenvalue weighted by Crippen LogP contribution is -2.32. The SMILES string of the molecule is CC(C)COc1c(C(=O)O)n(CC(C)(C)C)c(=O)c2cc(Cl)c(Cl)cc12. The first-order chi connectivity index (χ1) is 11.9. The molecule has 0 saturated carbocycles. The average Bonchev–Trinajstić information content (AvgIpc) is 2.48. The van der Waals surface area contributed by atoms with Gasteiger partial charge in [-0.1, -0.05) is 57.8 Å². The van der Waals surface area contributed by atoms with Crippen LogP contribution in [0.15, 0.2) is 16.9 Å². The lowest BCUT2D eigenvalue weighted by molar-refractivity contribution is 0.0674. The average molecular weight is 400 g/mol. The second-order valence-corrected chi connectivity index (χ2v) is 8.77. The Morgan fingerprint density at radius 2 is 1.73 bits per heavy atom. The van der Waals surface area contributed by atoms with Crippen LogP contribution >= 0.6 is 23.2 Å². The maximum absolute atomic E-state index is 13.0. The van der Waals surface area contributed by atoms with Crippen LogP contribution in [0.2, 0.25) is 10.0 Å². The van der Waals surface area contributed by atoms with Crippen LogP contribution in [-0.2, 0) is 6.54 Å². The molecule has 0 aliphatic rings. The lowest BCUT2D eigenvalue weighted by atomic mass is 9.96. The van der Waals surface area contributed by atoms with Crippen molar-refractivity contribution in [2.75, 3.05) is 6.61 Å². The molecule has 0 atom stereocenters. The van der Waals surface area contributed by atoms with Crippen LogP contribution in [0.5, 0.6) is 5.75 Å². The van der Waals surface area contributed by atoms with Gasteiger partial charge in [0.2, 0.25) is 0 Å². The molecule has 142 valence electrons. The number of carbonyl (C=O) groups is 1. The number of hydrogen-bond acceptors (Lipinski definition) is 3. The largest absolute Gasteiger partial charge is 0.490 e. The molecule has 0 radical (unpaired) electrons. The number of pyridine rings is 1. The minimum Gasteiger partial charge on any atom is -0.490 e. The summed E-state index contributed by atoms with van der Waals surface area (Å²) in [5.41, 5.74) is -0.910. The second kappa shape index (κ2) is 7.49. The van der Waals surface area contributed by atoms with Crippen LogP contribution < -0.4 is 10.3 Å². The number of rotatable bonds is 5. The fourth-order valence-corrected chi connectivity index (χ4v) is 2.97. The minimum absolute atomic E-state index is 0.142.